The van der Waals surface area contributed by atoms with Gasteiger partial charge in [-0.25, -0.2) is 9.59 Å². The fraction of sp³-hybridized carbons (Fsp3) is 0.625. The number of aromatic nitrogens is 2. The van der Waals surface area contributed by atoms with Crippen LogP contribution in [0.1, 0.15) is 38.3 Å². The van der Waals surface area contributed by atoms with Crippen molar-refractivity contribution in [2.45, 2.75) is 38.7 Å². The van der Waals surface area contributed by atoms with Crippen LogP contribution in [0, 0.1) is 0 Å². The molecule has 1 aromatic rings. The van der Waals surface area contributed by atoms with E-state index in [4.69, 9.17) is 24.5 Å². The number of carboxylic acid groups (broad SMARTS) is 2. The predicted molar refractivity (Wildman–Crippen MR) is 96.3 cm³/mol. The van der Waals surface area contributed by atoms with Gasteiger partial charge in [0.2, 0.25) is 0 Å². The number of ether oxygens (including phenoxy) is 1. The smallest absolute Gasteiger partial charge is 0.414 e. The monoisotopic (exact) mass is 387 g/mol. The van der Waals surface area contributed by atoms with Crippen LogP contribution < -0.4 is 4.74 Å². The van der Waals surface area contributed by atoms with Crippen molar-refractivity contribution in [3.05, 3.63) is 11.8 Å². The Hall–Kier alpha value is -2.04. The van der Waals surface area contributed by atoms with Crippen molar-refractivity contribution in [2.24, 2.45) is 0 Å². The topological polar surface area (TPSA) is 133 Å². The summed E-state index contributed by atoms with van der Waals surface area (Å²) in [6, 6.07) is 0. The highest BCUT2D eigenvalue weighted by molar-refractivity contribution is 6.99. The molecule has 0 saturated heterocycles. The van der Waals surface area contributed by atoms with Crippen molar-refractivity contribution in [3.63, 3.8) is 0 Å². The van der Waals surface area contributed by atoms with Crippen LogP contribution in [0.25, 0.3) is 5.57 Å². The summed E-state index contributed by atoms with van der Waals surface area (Å²) in [5.41, 5.74) is 2.11. The van der Waals surface area contributed by atoms with E-state index >= 15 is 0 Å². The number of hydrogen-bond donors (Lipinski definition) is 3. The quantitative estimate of drug-likeness (QED) is 0.468. The van der Waals surface area contributed by atoms with Crippen LogP contribution in [0.5, 0.6) is 5.88 Å². The van der Waals surface area contributed by atoms with E-state index in [-0.39, 0.29) is 6.10 Å². The highest BCUT2D eigenvalue weighted by Gasteiger charge is 2.18. The van der Waals surface area contributed by atoms with Crippen molar-refractivity contribution in [1.82, 2.24) is 13.6 Å². The maximum Gasteiger partial charge on any atom is 0.414 e. The molecule has 1 aliphatic heterocycles. The van der Waals surface area contributed by atoms with E-state index in [2.05, 4.69) is 26.8 Å². The number of carboxylic acids is 2. The largest absolute Gasteiger partial charge is 0.475 e. The number of nitrogens with zero attached hydrogens (tertiary/aromatic N) is 3. The van der Waals surface area contributed by atoms with E-state index in [0.29, 0.717) is 12.5 Å². The summed E-state index contributed by atoms with van der Waals surface area (Å²) < 4.78 is 14.4. The van der Waals surface area contributed by atoms with E-state index in [9.17, 15) is 5.11 Å². The van der Waals surface area contributed by atoms with Crippen molar-refractivity contribution in [1.29, 1.82) is 0 Å². The molecular weight excluding hydrogens is 362 g/mol. The normalized spacial score (nSPS) is 15.4. The minimum absolute atomic E-state index is 0.227. The summed E-state index contributed by atoms with van der Waals surface area (Å²) in [4.78, 5) is 20.5. The zero-order chi connectivity index (χ0) is 19.5. The van der Waals surface area contributed by atoms with Crippen LogP contribution in [-0.4, -0.2) is 73.8 Å². The number of aliphatic hydroxyl groups is 1. The lowest BCUT2D eigenvalue weighted by Crippen LogP contribution is -2.25. The molecule has 26 heavy (non-hydrogen) atoms. The molecule has 0 spiro atoms. The molecule has 0 aromatic carbocycles. The van der Waals surface area contributed by atoms with E-state index in [1.165, 1.54) is 17.3 Å². The Morgan fingerprint density at radius 2 is 2.00 bits per heavy atom. The zero-order valence-corrected chi connectivity index (χ0v) is 15.7. The number of aliphatic carboxylic acids is 2. The number of carbonyl (C=O) groups is 2. The molecule has 146 valence electrons. The average Bonchev–Trinajstić information content (AvgIpc) is 3.03. The lowest BCUT2D eigenvalue weighted by molar-refractivity contribution is -0.159. The number of hydrogen-bond acceptors (Lipinski definition) is 8. The summed E-state index contributed by atoms with van der Waals surface area (Å²) in [5.74, 6) is -2.99. The van der Waals surface area contributed by atoms with E-state index in [1.54, 1.807) is 0 Å². The van der Waals surface area contributed by atoms with Crippen LogP contribution >= 0.6 is 11.7 Å². The number of rotatable bonds is 7. The SMILES string of the molecule is CC(O)CCCCOc1nsnc1C1=CCCN(C)C1.O=C(O)C(=O)O. The molecule has 2 rings (SSSR count). The molecule has 1 aromatic heterocycles. The summed E-state index contributed by atoms with van der Waals surface area (Å²) in [6.45, 7) is 4.45. The van der Waals surface area contributed by atoms with E-state index in [0.717, 1.165) is 44.5 Å². The maximum atomic E-state index is 9.20. The standard InChI is InChI=1S/C14H23N3O2S.C2H2O4/c1-11(18)6-3-4-9-19-14-13(15-20-16-14)12-7-5-8-17(2)10-12;3-1(4)2(5)6/h7,11,18H,3-6,8-10H2,1-2H3;(H,3,4)(H,5,6). The minimum atomic E-state index is -1.82. The highest BCUT2D eigenvalue weighted by Crippen LogP contribution is 2.27. The Balaban J connectivity index is 0.000000487. The molecule has 0 aliphatic carbocycles. The van der Waals surface area contributed by atoms with Gasteiger partial charge in [-0.15, -0.1) is 4.37 Å². The van der Waals surface area contributed by atoms with E-state index in [1.807, 2.05) is 6.92 Å². The van der Waals surface area contributed by atoms with Gasteiger partial charge in [-0.2, -0.15) is 4.37 Å². The third-order valence-corrected chi connectivity index (χ3v) is 4.05. The summed E-state index contributed by atoms with van der Waals surface area (Å²) >= 11 is 1.21. The van der Waals surface area contributed by atoms with Crippen molar-refractivity contribution in [2.75, 3.05) is 26.7 Å². The van der Waals surface area contributed by atoms with Gasteiger partial charge in [0.15, 0.2) is 0 Å². The molecule has 0 bridgehead atoms. The van der Waals surface area contributed by atoms with Crippen LogP contribution in [0.4, 0.5) is 0 Å². The first-order chi connectivity index (χ1) is 12.3. The first-order valence-corrected chi connectivity index (χ1v) is 9.01. The molecule has 1 aliphatic rings. The van der Waals surface area contributed by atoms with Gasteiger partial charge >= 0.3 is 11.9 Å². The second kappa shape index (κ2) is 11.6. The molecule has 1 atom stereocenters. The molecule has 0 saturated carbocycles. The molecule has 10 heteroatoms. The Morgan fingerprint density at radius 3 is 2.58 bits per heavy atom. The second-order valence-corrected chi connectivity index (χ2v) is 6.51. The van der Waals surface area contributed by atoms with Crippen LogP contribution in [0.3, 0.4) is 0 Å². The summed E-state index contributed by atoms with van der Waals surface area (Å²) in [6.07, 6.45) is 5.78. The first kappa shape index (κ1) is 22.0. The zero-order valence-electron chi connectivity index (χ0n) is 14.9. The molecule has 2 heterocycles. The molecule has 0 amide bonds. The lowest BCUT2D eigenvalue weighted by Gasteiger charge is -2.22. The third-order valence-electron chi connectivity index (χ3n) is 3.54. The third kappa shape index (κ3) is 8.37. The van der Waals surface area contributed by atoms with Gasteiger partial charge in [-0.05, 0) is 45.2 Å². The van der Waals surface area contributed by atoms with Gasteiger partial charge in [0, 0.05) is 13.1 Å². The predicted octanol–water partition coefficient (Wildman–Crippen LogP) is 1.34. The van der Waals surface area contributed by atoms with Crippen molar-refractivity contribution >= 4 is 29.2 Å². The van der Waals surface area contributed by atoms with Gasteiger partial charge in [0.05, 0.1) is 24.4 Å². The second-order valence-electron chi connectivity index (χ2n) is 5.98. The van der Waals surface area contributed by atoms with Crippen LogP contribution in [0.15, 0.2) is 6.08 Å². The van der Waals surface area contributed by atoms with Gasteiger partial charge in [-0.1, -0.05) is 6.08 Å². The fourth-order valence-electron chi connectivity index (χ4n) is 2.25. The molecule has 0 radical (unpaired) electrons. The first-order valence-electron chi connectivity index (χ1n) is 8.28. The molecule has 9 nitrogen and oxygen atoms in total. The van der Waals surface area contributed by atoms with Crippen molar-refractivity contribution in [3.8, 4) is 5.88 Å². The summed E-state index contributed by atoms with van der Waals surface area (Å²) in [7, 11) is 2.11. The Kier molecular flexibility index (Phi) is 9.78. The Morgan fingerprint density at radius 1 is 1.31 bits per heavy atom. The molecular formula is C16H25N3O6S. The molecule has 3 N–H and O–H groups in total. The number of likely N-dealkylation sites (N-methyl/N-ethyl adjacent to an activating group) is 1. The fourth-order valence-corrected chi connectivity index (χ4v) is 2.78. The Bertz CT molecular complexity index is 605. The lowest BCUT2D eigenvalue weighted by atomic mass is 10.1. The van der Waals surface area contributed by atoms with Crippen LogP contribution in [0.2, 0.25) is 0 Å². The molecule has 1 unspecified atom stereocenters. The average molecular weight is 387 g/mol. The van der Waals surface area contributed by atoms with Crippen molar-refractivity contribution < 1.29 is 29.6 Å². The van der Waals surface area contributed by atoms with Gasteiger partial charge in [0.1, 0.15) is 5.69 Å². The minimum Gasteiger partial charge on any atom is -0.475 e. The van der Waals surface area contributed by atoms with Crippen LogP contribution in [-0.2, 0) is 9.59 Å². The molecule has 0 fully saturated rings. The van der Waals surface area contributed by atoms with Gasteiger partial charge < -0.3 is 25.0 Å². The summed E-state index contributed by atoms with van der Waals surface area (Å²) in [5, 5.41) is 24.0. The number of unbranched alkanes of at least 4 members (excludes halogenated alkanes) is 1. The van der Waals surface area contributed by atoms with E-state index < -0.39 is 11.9 Å². The maximum absolute atomic E-state index is 9.20. The Labute approximate surface area is 156 Å². The highest BCUT2D eigenvalue weighted by atomic mass is 32.1. The number of aliphatic hydroxyl groups excluding tert-OH is 1. The van der Waals surface area contributed by atoms with Gasteiger partial charge in [-0.3, -0.25) is 0 Å². The van der Waals surface area contributed by atoms with Gasteiger partial charge in [0.25, 0.3) is 5.88 Å².